The van der Waals surface area contributed by atoms with Gasteiger partial charge in [-0.05, 0) is 25.0 Å². The van der Waals surface area contributed by atoms with Crippen molar-refractivity contribution < 1.29 is 4.79 Å². The minimum atomic E-state index is 0.158. The number of allylic oxidation sites excluding steroid dienone is 2. The van der Waals surface area contributed by atoms with E-state index in [1.807, 2.05) is 37.3 Å². The third-order valence-corrected chi connectivity index (χ3v) is 3.26. The normalized spacial score (nSPS) is 21.9. The summed E-state index contributed by atoms with van der Waals surface area (Å²) in [5.41, 5.74) is 3.84. The zero-order valence-electron chi connectivity index (χ0n) is 9.16. The van der Waals surface area contributed by atoms with E-state index in [0.717, 1.165) is 28.8 Å². The van der Waals surface area contributed by atoms with Gasteiger partial charge in [-0.25, -0.2) is 0 Å². The van der Waals surface area contributed by atoms with E-state index in [1.54, 1.807) is 0 Å². The molecule has 1 aromatic carbocycles. The molecule has 16 heavy (non-hydrogen) atoms. The molecule has 0 fully saturated rings. The number of benzene rings is 1. The summed E-state index contributed by atoms with van der Waals surface area (Å²) in [4.78, 5) is 12.3. The Morgan fingerprint density at radius 2 is 2.25 bits per heavy atom. The highest BCUT2D eigenvalue weighted by molar-refractivity contribution is 6.15. The van der Waals surface area contributed by atoms with Crippen molar-refractivity contribution in [3.63, 3.8) is 0 Å². The Morgan fingerprint density at radius 1 is 1.38 bits per heavy atom. The quantitative estimate of drug-likeness (QED) is 0.715. The molecule has 1 aromatic rings. The number of hydrogen-bond donors (Lipinski definition) is 1. The maximum atomic E-state index is 12.3. The molecule has 0 saturated heterocycles. The number of nitrogens with one attached hydrogen (secondary N) is 1. The first-order chi connectivity index (χ1) is 7.77. The molecule has 0 spiro atoms. The third kappa shape index (κ3) is 1.23. The van der Waals surface area contributed by atoms with Crippen molar-refractivity contribution in [1.29, 1.82) is 0 Å². The van der Waals surface area contributed by atoms with Crippen molar-refractivity contribution in [2.75, 3.05) is 5.32 Å². The summed E-state index contributed by atoms with van der Waals surface area (Å²) in [7, 11) is 0. The Hall–Kier alpha value is -1.83. The predicted molar refractivity (Wildman–Crippen MR) is 64.8 cm³/mol. The van der Waals surface area contributed by atoms with Crippen LogP contribution in [-0.4, -0.2) is 11.8 Å². The van der Waals surface area contributed by atoms with E-state index in [4.69, 9.17) is 0 Å². The van der Waals surface area contributed by atoms with Crippen LogP contribution in [0.3, 0.4) is 0 Å². The van der Waals surface area contributed by atoms with Gasteiger partial charge < -0.3 is 5.32 Å². The summed E-state index contributed by atoms with van der Waals surface area (Å²) in [6.45, 7) is 2.03. The zero-order chi connectivity index (χ0) is 11.1. The monoisotopic (exact) mass is 211 g/mol. The molecule has 0 aromatic heterocycles. The first kappa shape index (κ1) is 9.40. The van der Waals surface area contributed by atoms with Gasteiger partial charge in [0.2, 0.25) is 0 Å². The van der Waals surface area contributed by atoms with Crippen molar-refractivity contribution in [2.24, 2.45) is 0 Å². The molecule has 0 radical (unpaired) electrons. The van der Waals surface area contributed by atoms with Gasteiger partial charge in [0.15, 0.2) is 5.78 Å². The first-order valence-corrected chi connectivity index (χ1v) is 5.55. The van der Waals surface area contributed by atoms with Gasteiger partial charge in [-0.1, -0.05) is 30.4 Å². The number of carbonyl (C=O) groups is 1. The van der Waals surface area contributed by atoms with Crippen LogP contribution in [0.4, 0.5) is 5.69 Å². The number of anilines is 1. The number of rotatable bonds is 0. The minimum Gasteiger partial charge on any atom is -0.377 e. The number of aryl methyl sites for hydroxylation is 1. The van der Waals surface area contributed by atoms with Crippen LogP contribution in [0.25, 0.3) is 0 Å². The molecule has 1 N–H and O–H groups in total. The van der Waals surface area contributed by atoms with E-state index < -0.39 is 0 Å². The van der Waals surface area contributed by atoms with Crippen molar-refractivity contribution in [1.82, 2.24) is 0 Å². The van der Waals surface area contributed by atoms with Gasteiger partial charge in [0, 0.05) is 16.8 Å². The average Bonchev–Trinajstić information content (AvgIpc) is 2.31. The molecule has 80 valence electrons. The highest BCUT2D eigenvalue weighted by Crippen LogP contribution is 2.33. The lowest BCUT2D eigenvalue weighted by Gasteiger charge is -2.30. The van der Waals surface area contributed by atoms with Gasteiger partial charge in [-0.15, -0.1) is 0 Å². The summed E-state index contributed by atoms with van der Waals surface area (Å²) in [6.07, 6.45) is 6.88. The van der Waals surface area contributed by atoms with E-state index in [0.29, 0.717) is 0 Å². The number of carbonyl (C=O) groups excluding carboxylic acids is 1. The van der Waals surface area contributed by atoms with Crippen LogP contribution in [0.2, 0.25) is 0 Å². The Labute approximate surface area is 94.7 Å². The lowest BCUT2D eigenvalue weighted by atomic mass is 9.86. The molecule has 0 amide bonds. The maximum absolute atomic E-state index is 12.3. The molecule has 1 heterocycles. The highest BCUT2D eigenvalue weighted by Gasteiger charge is 2.30. The third-order valence-electron chi connectivity index (χ3n) is 3.26. The Bertz CT molecular complexity index is 526. The molecule has 3 rings (SSSR count). The predicted octanol–water partition coefficient (Wildman–Crippen LogP) is 2.86. The Morgan fingerprint density at radius 3 is 3.12 bits per heavy atom. The largest absolute Gasteiger partial charge is 0.377 e. The molecule has 0 saturated carbocycles. The molecule has 2 nitrogen and oxygen atoms in total. The van der Waals surface area contributed by atoms with Crippen LogP contribution in [0.1, 0.15) is 22.3 Å². The molecule has 1 aliphatic heterocycles. The van der Waals surface area contributed by atoms with Crippen molar-refractivity contribution >= 4 is 11.5 Å². The average molecular weight is 211 g/mol. The van der Waals surface area contributed by atoms with Crippen LogP contribution >= 0.6 is 0 Å². The fourth-order valence-corrected chi connectivity index (χ4v) is 2.38. The second-order valence-corrected chi connectivity index (χ2v) is 4.31. The van der Waals surface area contributed by atoms with E-state index in [2.05, 4.69) is 11.4 Å². The van der Waals surface area contributed by atoms with Gasteiger partial charge in [0.25, 0.3) is 0 Å². The maximum Gasteiger partial charge on any atom is 0.193 e. The second-order valence-electron chi connectivity index (χ2n) is 4.31. The van der Waals surface area contributed by atoms with Gasteiger partial charge in [0.05, 0.1) is 6.04 Å². The lowest BCUT2D eigenvalue weighted by molar-refractivity contribution is 0.102. The standard InChI is InChI=1S/C14H13NO/c1-9-5-4-7-11-13(9)15-12-8-3-2-6-10(12)14(11)16/h2-7,12,15H,8H2,1H3. The number of Topliss-reactive ketones (excluding diaryl/α,β-unsaturated/α-hetero) is 1. The summed E-state index contributed by atoms with van der Waals surface area (Å²) in [5, 5.41) is 3.46. The first-order valence-electron chi connectivity index (χ1n) is 5.55. The van der Waals surface area contributed by atoms with E-state index in [1.165, 1.54) is 0 Å². The topological polar surface area (TPSA) is 29.1 Å². The van der Waals surface area contributed by atoms with Crippen molar-refractivity contribution in [3.8, 4) is 0 Å². The van der Waals surface area contributed by atoms with Crippen LogP contribution in [-0.2, 0) is 0 Å². The van der Waals surface area contributed by atoms with Crippen molar-refractivity contribution in [3.05, 3.63) is 53.1 Å². The zero-order valence-corrected chi connectivity index (χ0v) is 9.16. The summed E-state index contributed by atoms with van der Waals surface area (Å²) in [5.74, 6) is 0.173. The van der Waals surface area contributed by atoms with Crippen LogP contribution in [0.15, 0.2) is 42.0 Å². The lowest BCUT2D eigenvalue weighted by Crippen LogP contribution is -2.33. The highest BCUT2D eigenvalue weighted by atomic mass is 16.1. The molecule has 1 aliphatic carbocycles. The number of para-hydroxylation sites is 1. The van der Waals surface area contributed by atoms with Crippen LogP contribution < -0.4 is 5.32 Å². The molecule has 0 bridgehead atoms. The number of fused-ring (bicyclic) bond motifs is 2. The van der Waals surface area contributed by atoms with E-state index in [-0.39, 0.29) is 11.8 Å². The molecule has 1 unspecified atom stereocenters. The van der Waals surface area contributed by atoms with E-state index >= 15 is 0 Å². The second kappa shape index (κ2) is 3.34. The van der Waals surface area contributed by atoms with Crippen LogP contribution in [0, 0.1) is 6.92 Å². The van der Waals surface area contributed by atoms with Crippen molar-refractivity contribution in [2.45, 2.75) is 19.4 Å². The van der Waals surface area contributed by atoms with Gasteiger partial charge in [0.1, 0.15) is 0 Å². The summed E-state index contributed by atoms with van der Waals surface area (Å²) >= 11 is 0. The fourth-order valence-electron chi connectivity index (χ4n) is 2.38. The molecular weight excluding hydrogens is 198 g/mol. The molecular formula is C14H13NO. The number of ketones is 1. The Balaban J connectivity index is 2.18. The summed E-state index contributed by atoms with van der Waals surface area (Å²) < 4.78 is 0. The number of hydrogen-bond acceptors (Lipinski definition) is 2. The molecule has 1 atom stereocenters. The van der Waals surface area contributed by atoms with Gasteiger partial charge in [-0.2, -0.15) is 0 Å². The molecule has 2 heteroatoms. The van der Waals surface area contributed by atoms with Crippen LogP contribution in [0.5, 0.6) is 0 Å². The SMILES string of the molecule is Cc1cccc2c1NC1CC=CC=C1C2=O. The smallest absolute Gasteiger partial charge is 0.193 e. The minimum absolute atomic E-state index is 0.158. The van der Waals surface area contributed by atoms with E-state index in [9.17, 15) is 4.79 Å². The van der Waals surface area contributed by atoms with Gasteiger partial charge in [-0.3, -0.25) is 4.79 Å². The molecule has 2 aliphatic rings. The fraction of sp³-hybridized carbons (Fsp3) is 0.214. The Kier molecular flexibility index (Phi) is 1.96. The summed E-state index contributed by atoms with van der Waals surface area (Å²) in [6, 6.07) is 6.03. The van der Waals surface area contributed by atoms with Gasteiger partial charge >= 0.3 is 0 Å².